The van der Waals surface area contributed by atoms with Crippen LogP contribution in [0.5, 0.6) is 0 Å². The van der Waals surface area contributed by atoms with Crippen molar-refractivity contribution in [2.75, 3.05) is 0 Å². The third-order valence-electron chi connectivity index (χ3n) is 2.62. The van der Waals surface area contributed by atoms with Gasteiger partial charge in [-0.2, -0.15) is 0 Å². The van der Waals surface area contributed by atoms with Crippen LogP contribution in [0.25, 0.3) is 10.8 Å². The Balaban J connectivity index is 0.000000963. The number of carbonyl (C=O) groups is 2. The summed E-state index contributed by atoms with van der Waals surface area (Å²) in [5.41, 5.74) is 1.14. The quantitative estimate of drug-likeness (QED) is 0.546. The normalized spacial score (nSPS) is 13.2. The van der Waals surface area contributed by atoms with E-state index in [2.05, 4.69) is 5.32 Å². The first kappa shape index (κ1) is 11.6. The van der Waals surface area contributed by atoms with E-state index in [0.29, 0.717) is 11.1 Å². The van der Waals surface area contributed by atoms with Crippen molar-refractivity contribution in [3.05, 3.63) is 47.5 Å². The fraction of sp³-hybridized carbons (Fsp3) is 0. The van der Waals surface area contributed by atoms with Crippen molar-refractivity contribution in [1.29, 1.82) is 0 Å². The first-order chi connectivity index (χ1) is 7.27. The molecule has 16 heavy (non-hydrogen) atoms. The number of hydrogen-bond acceptors (Lipinski definition) is 2. The van der Waals surface area contributed by atoms with Gasteiger partial charge in [-0.1, -0.05) is 24.3 Å². The zero-order valence-electron chi connectivity index (χ0n) is 7.78. The molecule has 76 valence electrons. The van der Waals surface area contributed by atoms with Crippen molar-refractivity contribution < 1.29 is 9.59 Å². The van der Waals surface area contributed by atoms with Gasteiger partial charge in [0.25, 0.3) is 11.8 Å². The maximum atomic E-state index is 11.6. The summed E-state index contributed by atoms with van der Waals surface area (Å²) in [4.78, 5) is 23.1. The van der Waals surface area contributed by atoms with E-state index >= 15 is 0 Å². The van der Waals surface area contributed by atoms with Crippen molar-refractivity contribution in [1.82, 2.24) is 5.32 Å². The Kier molecular flexibility index (Phi) is 3.02. The third kappa shape index (κ3) is 1.56. The van der Waals surface area contributed by atoms with Crippen LogP contribution in [-0.4, -0.2) is 49.6 Å². The van der Waals surface area contributed by atoms with Crippen LogP contribution in [0.4, 0.5) is 0 Å². The second-order valence-corrected chi connectivity index (χ2v) is 3.49. The van der Waals surface area contributed by atoms with Crippen LogP contribution in [0.1, 0.15) is 20.7 Å². The molecule has 2 amide bonds. The van der Waals surface area contributed by atoms with Crippen molar-refractivity contribution in [2.24, 2.45) is 0 Å². The Hall–Kier alpha value is -0.900. The molecule has 1 heterocycles. The number of amides is 2. The molecule has 0 atom stereocenters. The van der Waals surface area contributed by atoms with E-state index in [1.165, 1.54) is 0 Å². The molecule has 0 aromatic heterocycles. The monoisotopic (exact) mass is 239 g/mol. The summed E-state index contributed by atoms with van der Waals surface area (Å²) in [6.07, 6.45) is 0. The van der Waals surface area contributed by atoms with E-state index in [4.69, 9.17) is 0 Å². The number of nitrogens with one attached hydrogen (secondary N) is 1. The summed E-state index contributed by atoms with van der Waals surface area (Å²) in [6, 6.07) is 10.9. The van der Waals surface area contributed by atoms with Gasteiger partial charge in [0.1, 0.15) is 0 Å². The molecule has 1 aliphatic rings. The molecule has 0 saturated heterocycles. The molecular formula is C12H9CaNO2. The first-order valence-electron chi connectivity index (χ1n) is 4.65. The van der Waals surface area contributed by atoms with Gasteiger partial charge in [-0.15, -0.1) is 0 Å². The van der Waals surface area contributed by atoms with Gasteiger partial charge in [-0.3, -0.25) is 14.9 Å². The predicted octanol–water partition coefficient (Wildman–Crippen LogP) is 0.807. The number of benzene rings is 2. The van der Waals surface area contributed by atoms with Gasteiger partial charge in [0, 0.05) is 16.5 Å². The van der Waals surface area contributed by atoms with Gasteiger partial charge < -0.3 is 0 Å². The number of rotatable bonds is 0. The van der Waals surface area contributed by atoms with Crippen molar-refractivity contribution in [3.63, 3.8) is 0 Å². The minimum atomic E-state index is -0.315. The Morgan fingerprint density at radius 3 is 1.81 bits per heavy atom. The SMILES string of the molecule is O=C1NC(=O)c2cccc3cccc1c23.[CaH2]. The van der Waals surface area contributed by atoms with Crippen molar-refractivity contribution >= 4 is 60.3 Å². The van der Waals surface area contributed by atoms with Gasteiger partial charge in [0.15, 0.2) is 0 Å². The van der Waals surface area contributed by atoms with Crippen LogP contribution in [0.15, 0.2) is 36.4 Å². The van der Waals surface area contributed by atoms with E-state index in [-0.39, 0.29) is 49.6 Å². The molecule has 0 unspecified atom stereocenters. The van der Waals surface area contributed by atoms with Gasteiger partial charge in [-0.25, -0.2) is 0 Å². The van der Waals surface area contributed by atoms with Gasteiger partial charge in [-0.05, 0) is 17.5 Å². The molecule has 3 nitrogen and oxygen atoms in total. The fourth-order valence-corrected chi connectivity index (χ4v) is 1.96. The molecule has 3 rings (SSSR count). The summed E-state index contributed by atoms with van der Waals surface area (Å²) < 4.78 is 0. The second kappa shape index (κ2) is 4.17. The van der Waals surface area contributed by atoms with Gasteiger partial charge in [0.05, 0.1) is 0 Å². The van der Waals surface area contributed by atoms with Crippen LogP contribution in [-0.2, 0) is 0 Å². The molecule has 0 spiro atoms. The van der Waals surface area contributed by atoms with Crippen LogP contribution < -0.4 is 5.32 Å². The van der Waals surface area contributed by atoms with Crippen molar-refractivity contribution in [2.45, 2.75) is 0 Å². The molecule has 1 N–H and O–H groups in total. The molecule has 2 aromatic rings. The summed E-state index contributed by atoms with van der Waals surface area (Å²) in [7, 11) is 0. The van der Waals surface area contributed by atoms with Crippen LogP contribution >= 0.6 is 0 Å². The van der Waals surface area contributed by atoms with Gasteiger partial charge >= 0.3 is 37.7 Å². The zero-order chi connectivity index (χ0) is 10.4. The number of carbonyl (C=O) groups excluding carboxylic acids is 2. The van der Waals surface area contributed by atoms with E-state index in [1.54, 1.807) is 12.1 Å². The topological polar surface area (TPSA) is 46.2 Å². The number of imide groups is 1. The summed E-state index contributed by atoms with van der Waals surface area (Å²) >= 11 is 0. The summed E-state index contributed by atoms with van der Waals surface area (Å²) in [6.45, 7) is 0. The van der Waals surface area contributed by atoms with Crippen LogP contribution in [0.2, 0.25) is 0 Å². The molecule has 4 heteroatoms. The molecular weight excluding hydrogens is 230 g/mol. The molecule has 0 bridgehead atoms. The zero-order valence-corrected chi connectivity index (χ0v) is 7.78. The van der Waals surface area contributed by atoms with E-state index in [1.807, 2.05) is 24.3 Å². The Morgan fingerprint density at radius 1 is 0.812 bits per heavy atom. The average Bonchev–Trinajstić information content (AvgIpc) is 2.25. The van der Waals surface area contributed by atoms with Crippen molar-refractivity contribution in [3.8, 4) is 0 Å². The second-order valence-electron chi connectivity index (χ2n) is 3.49. The Labute approximate surface area is 122 Å². The van der Waals surface area contributed by atoms with E-state index in [9.17, 15) is 9.59 Å². The van der Waals surface area contributed by atoms with E-state index < -0.39 is 0 Å². The average molecular weight is 239 g/mol. The first-order valence-corrected chi connectivity index (χ1v) is 4.65. The van der Waals surface area contributed by atoms with Crippen LogP contribution in [0, 0.1) is 0 Å². The molecule has 0 aliphatic carbocycles. The fourth-order valence-electron chi connectivity index (χ4n) is 1.96. The minimum absolute atomic E-state index is 0. The standard InChI is InChI=1S/C12H7NO2.Ca.2H/c14-11-8-5-1-3-7-4-2-6-9(10(7)8)12(15)13-11;;;/h1-6H,(H,13,14,15);;;. The molecule has 0 saturated carbocycles. The predicted molar refractivity (Wildman–Crippen MR) is 64.3 cm³/mol. The van der Waals surface area contributed by atoms with Gasteiger partial charge in [0.2, 0.25) is 0 Å². The van der Waals surface area contributed by atoms with E-state index in [0.717, 1.165) is 10.8 Å². The molecule has 2 aromatic carbocycles. The molecule has 0 radical (unpaired) electrons. The summed E-state index contributed by atoms with van der Waals surface area (Å²) in [5.74, 6) is -0.631. The number of hydrogen-bond donors (Lipinski definition) is 1. The maximum absolute atomic E-state index is 11.6. The van der Waals surface area contributed by atoms with Crippen LogP contribution in [0.3, 0.4) is 0 Å². The molecule has 0 fully saturated rings. The summed E-state index contributed by atoms with van der Waals surface area (Å²) in [5, 5.41) is 4.00. The third-order valence-corrected chi connectivity index (χ3v) is 2.62. The molecule has 1 aliphatic heterocycles. The Morgan fingerprint density at radius 2 is 1.31 bits per heavy atom. The Bertz CT molecular complexity index is 558.